The van der Waals surface area contributed by atoms with Crippen LogP contribution in [-0.2, 0) is 19.1 Å². The molecule has 1 saturated heterocycles. The van der Waals surface area contributed by atoms with Crippen molar-refractivity contribution in [3.63, 3.8) is 0 Å². The van der Waals surface area contributed by atoms with E-state index in [9.17, 15) is 24.4 Å². The number of likely N-dealkylation sites (tertiary alicyclic amines) is 1. The molecule has 1 aromatic carbocycles. The molecule has 2 atom stereocenters. The largest absolute Gasteiger partial charge is 0.490 e. The van der Waals surface area contributed by atoms with Gasteiger partial charge in [0.25, 0.3) is 0 Å². The van der Waals surface area contributed by atoms with Gasteiger partial charge in [-0.15, -0.1) is 0 Å². The van der Waals surface area contributed by atoms with Gasteiger partial charge in [0, 0.05) is 25.9 Å². The summed E-state index contributed by atoms with van der Waals surface area (Å²) in [4.78, 5) is 51.5. The molecule has 10 heteroatoms. The molecular weight excluding hydrogens is 502 g/mol. The number of ether oxygens (including phenoxy) is 2. The first kappa shape index (κ1) is 30.4. The number of hydroxylamine groups is 2. The first-order valence-electron chi connectivity index (χ1n) is 13.9. The van der Waals surface area contributed by atoms with Gasteiger partial charge in [0.2, 0.25) is 18.2 Å². The van der Waals surface area contributed by atoms with Crippen LogP contribution in [0, 0.1) is 17.3 Å². The molecule has 0 spiro atoms. The summed E-state index contributed by atoms with van der Waals surface area (Å²) in [5.41, 5.74) is -0.0907. The lowest BCUT2D eigenvalue weighted by Gasteiger charge is -2.39. The van der Waals surface area contributed by atoms with Gasteiger partial charge in [-0.25, -0.2) is 9.86 Å². The van der Waals surface area contributed by atoms with Gasteiger partial charge in [0.05, 0.1) is 25.1 Å². The molecule has 39 heavy (non-hydrogen) atoms. The van der Waals surface area contributed by atoms with Crippen LogP contribution in [0.2, 0.25) is 0 Å². The molecule has 3 rings (SSSR count). The number of benzene rings is 1. The minimum atomic E-state index is -0.747. The van der Waals surface area contributed by atoms with E-state index in [0.717, 1.165) is 25.7 Å². The van der Waals surface area contributed by atoms with Crippen LogP contribution in [0.15, 0.2) is 24.3 Å². The Labute approximate surface area is 231 Å². The van der Waals surface area contributed by atoms with Crippen LogP contribution in [0.5, 0.6) is 5.75 Å². The Balaban J connectivity index is 1.60. The number of piperidine rings is 1. The Bertz CT molecular complexity index is 978. The fourth-order valence-corrected chi connectivity index (χ4v) is 5.45. The molecule has 1 aromatic rings. The third-order valence-corrected chi connectivity index (χ3v) is 7.72. The zero-order chi connectivity index (χ0) is 28.6. The lowest BCUT2D eigenvalue weighted by atomic mass is 9.84. The Morgan fingerprint density at radius 1 is 1.10 bits per heavy atom. The lowest BCUT2D eigenvalue weighted by molar-refractivity contribution is -0.156. The van der Waals surface area contributed by atoms with Gasteiger partial charge in [-0.3, -0.25) is 19.6 Å². The smallest absolute Gasteiger partial charge is 0.337 e. The predicted octanol–water partition coefficient (Wildman–Crippen LogP) is 3.42. The lowest BCUT2D eigenvalue weighted by Crippen LogP contribution is -2.58. The van der Waals surface area contributed by atoms with Crippen LogP contribution in [0.1, 0.15) is 76.1 Å². The number of carbonyl (C=O) groups excluding carboxylic acids is 4. The van der Waals surface area contributed by atoms with Crippen molar-refractivity contribution in [1.82, 2.24) is 15.3 Å². The second-order valence-electron chi connectivity index (χ2n) is 11.8. The van der Waals surface area contributed by atoms with E-state index in [1.165, 1.54) is 7.11 Å². The number of nitrogens with zero attached hydrogens (tertiary/aromatic N) is 2. The number of nitrogens with one attached hydrogen (secondary N) is 1. The molecule has 0 bridgehead atoms. The van der Waals surface area contributed by atoms with Crippen molar-refractivity contribution in [3.8, 4) is 5.75 Å². The normalized spacial score (nSPS) is 18.2. The number of methoxy groups -OCH3 is 1. The highest BCUT2D eigenvalue weighted by Crippen LogP contribution is 2.31. The number of esters is 1. The molecule has 216 valence electrons. The SMILES string of the molecule is COC(=O)c1ccc(OC2CCN(C(=O)[C@@H](NC(=O)C(CC3CCCC3)CN(O)C=O)C(C)(C)C)CC2)cc1. The van der Waals surface area contributed by atoms with Crippen LogP contribution < -0.4 is 10.1 Å². The van der Waals surface area contributed by atoms with E-state index in [-0.39, 0.29) is 24.5 Å². The maximum atomic E-state index is 13.6. The average Bonchev–Trinajstić information content (AvgIpc) is 3.43. The minimum Gasteiger partial charge on any atom is -0.490 e. The van der Waals surface area contributed by atoms with E-state index >= 15 is 0 Å². The maximum absolute atomic E-state index is 13.6. The third kappa shape index (κ3) is 8.68. The highest BCUT2D eigenvalue weighted by atomic mass is 16.5. The first-order chi connectivity index (χ1) is 18.5. The quantitative estimate of drug-likeness (QED) is 0.189. The molecular formula is C29H43N3O7. The number of hydrogen-bond donors (Lipinski definition) is 2. The fourth-order valence-electron chi connectivity index (χ4n) is 5.45. The Morgan fingerprint density at radius 2 is 1.72 bits per heavy atom. The molecule has 1 aliphatic carbocycles. The van der Waals surface area contributed by atoms with Gasteiger partial charge >= 0.3 is 5.97 Å². The summed E-state index contributed by atoms with van der Waals surface area (Å²) in [5.74, 6) is -0.437. The fraction of sp³-hybridized carbons (Fsp3) is 0.655. The second-order valence-corrected chi connectivity index (χ2v) is 11.8. The third-order valence-electron chi connectivity index (χ3n) is 7.72. The average molecular weight is 546 g/mol. The van der Waals surface area contributed by atoms with Crippen molar-refractivity contribution in [1.29, 1.82) is 0 Å². The zero-order valence-electron chi connectivity index (χ0n) is 23.6. The molecule has 10 nitrogen and oxygen atoms in total. The molecule has 1 heterocycles. The number of hydrogen-bond acceptors (Lipinski definition) is 7. The second kappa shape index (κ2) is 13.8. The van der Waals surface area contributed by atoms with Crippen molar-refractivity contribution in [3.05, 3.63) is 29.8 Å². The zero-order valence-corrected chi connectivity index (χ0v) is 23.6. The molecule has 1 unspecified atom stereocenters. The topological polar surface area (TPSA) is 125 Å². The van der Waals surface area contributed by atoms with Crippen LogP contribution in [0.3, 0.4) is 0 Å². The summed E-state index contributed by atoms with van der Waals surface area (Å²) < 4.78 is 10.8. The van der Waals surface area contributed by atoms with E-state index in [0.29, 0.717) is 61.1 Å². The van der Waals surface area contributed by atoms with Gasteiger partial charge in [0.1, 0.15) is 17.9 Å². The number of amides is 3. The van der Waals surface area contributed by atoms with Crippen molar-refractivity contribution in [2.45, 2.75) is 77.9 Å². The molecule has 2 N–H and O–H groups in total. The van der Waals surface area contributed by atoms with Gasteiger partial charge in [-0.1, -0.05) is 46.5 Å². The van der Waals surface area contributed by atoms with Gasteiger partial charge in [0.15, 0.2) is 0 Å². The Morgan fingerprint density at radius 3 is 2.26 bits per heavy atom. The van der Waals surface area contributed by atoms with Crippen molar-refractivity contribution in [2.24, 2.45) is 17.3 Å². The van der Waals surface area contributed by atoms with Crippen LogP contribution >= 0.6 is 0 Å². The van der Waals surface area contributed by atoms with Crippen LogP contribution in [-0.4, -0.2) is 78.3 Å². The van der Waals surface area contributed by atoms with Crippen molar-refractivity contribution >= 4 is 24.2 Å². The van der Waals surface area contributed by atoms with E-state index in [2.05, 4.69) is 5.32 Å². The van der Waals surface area contributed by atoms with Gasteiger partial charge in [-0.05, 0) is 42.0 Å². The predicted molar refractivity (Wildman–Crippen MR) is 144 cm³/mol. The Hall–Kier alpha value is -3.14. The highest BCUT2D eigenvalue weighted by Gasteiger charge is 2.39. The minimum absolute atomic E-state index is 0.0737. The molecule has 3 amide bonds. The summed E-state index contributed by atoms with van der Waals surface area (Å²) in [5, 5.41) is 13.3. The molecule has 1 saturated carbocycles. The summed E-state index contributed by atoms with van der Waals surface area (Å²) in [7, 11) is 1.34. The van der Waals surface area contributed by atoms with E-state index < -0.39 is 23.3 Å². The number of rotatable bonds is 11. The van der Waals surface area contributed by atoms with E-state index in [1.54, 1.807) is 29.2 Å². The summed E-state index contributed by atoms with van der Waals surface area (Å²) in [6.45, 7) is 6.64. The van der Waals surface area contributed by atoms with Gasteiger partial charge < -0.3 is 19.7 Å². The molecule has 2 fully saturated rings. The molecule has 1 aliphatic heterocycles. The van der Waals surface area contributed by atoms with Crippen LogP contribution in [0.4, 0.5) is 0 Å². The molecule has 0 radical (unpaired) electrons. The standard InChI is InChI=1S/C29H43N3O7/c1-29(2,3)25(30-26(34)22(18-32(37)19-33)17-20-7-5-6-8-20)27(35)31-15-13-24(14-16-31)39-23-11-9-21(10-12-23)28(36)38-4/h9-12,19-20,22,24-25,37H,5-8,13-18H2,1-4H3,(H,30,34)/t22?,25-/m1/s1. The molecule has 0 aromatic heterocycles. The monoisotopic (exact) mass is 545 g/mol. The summed E-state index contributed by atoms with van der Waals surface area (Å²) in [6, 6.07) is 6.02. The van der Waals surface area contributed by atoms with Crippen molar-refractivity contribution in [2.75, 3.05) is 26.7 Å². The Kier molecular flexibility index (Phi) is 10.7. The summed E-state index contributed by atoms with van der Waals surface area (Å²) in [6.07, 6.45) is 6.39. The first-order valence-corrected chi connectivity index (χ1v) is 13.9. The summed E-state index contributed by atoms with van der Waals surface area (Å²) >= 11 is 0. The van der Waals surface area contributed by atoms with Crippen molar-refractivity contribution < 1.29 is 33.9 Å². The highest BCUT2D eigenvalue weighted by molar-refractivity contribution is 5.90. The maximum Gasteiger partial charge on any atom is 0.337 e. The molecule has 2 aliphatic rings. The van der Waals surface area contributed by atoms with Crippen LogP contribution in [0.25, 0.3) is 0 Å². The number of carbonyl (C=O) groups is 4. The van der Waals surface area contributed by atoms with E-state index in [1.807, 2.05) is 20.8 Å². The van der Waals surface area contributed by atoms with E-state index in [4.69, 9.17) is 9.47 Å². The van der Waals surface area contributed by atoms with Gasteiger partial charge in [-0.2, -0.15) is 0 Å².